The lowest BCUT2D eigenvalue weighted by atomic mass is 10.1. The SMILES string of the molecule is CCCC[NH2+][C@@H](CC(=O)Nc1ccccc1CC)C(=O)[O-]. The summed E-state index contributed by atoms with van der Waals surface area (Å²) >= 11 is 0. The average molecular weight is 292 g/mol. The van der Waals surface area contributed by atoms with E-state index in [1.165, 1.54) is 0 Å². The first-order valence-corrected chi connectivity index (χ1v) is 7.50. The fourth-order valence-corrected chi connectivity index (χ4v) is 2.14. The number of aryl methyl sites for hydroxylation is 1. The van der Waals surface area contributed by atoms with Crippen LogP contribution in [0.15, 0.2) is 24.3 Å². The maximum atomic E-state index is 12.0. The molecule has 3 N–H and O–H groups in total. The molecule has 0 aliphatic carbocycles. The largest absolute Gasteiger partial charge is 0.544 e. The number of hydrogen-bond acceptors (Lipinski definition) is 3. The average Bonchev–Trinajstić information content (AvgIpc) is 2.46. The molecule has 5 heteroatoms. The molecule has 0 unspecified atom stereocenters. The Morgan fingerprint density at radius 2 is 2.00 bits per heavy atom. The van der Waals surface area contributed by atoms with Crippen molar-refractivity contribution in [2.45, 2.75) is 45.6 Å². The third kappa shape index (κ3) is 5.95. The highest BCUT2D eigenvalue weighted by molar-refractivity contribution is 5.93. The molecule has 116 valence electrons. The van der Waals surface area contributed by atoms with Crippen LogP contribution in [-0.2, 0) is 16.0 Å². The molecule has 21 heavy (non-hydrogen) atoms. The van der Waals surface area contributed by atoms with E-state index in [0.717, 1.165) is 30.5 Å². The first-order valence-electron chi connectivity index (χ1n) is 7.50. The van der Waals surface area contributed by atoms with E-state index in [1.54, 1.807) is 5.32 Å². The molecule has 5 nitrogen and oxygen atoms in total. The molecule has 0 saturated heterocycles. The third-order valence-electron chi connectivity index (χ3n) is 3.39. The second-order valence-corrected chi connectivity index (χ2v) is 5.07. The van der Waals surface area contributed by atoms with Crippen LogP contribution >= 0.6 is 0 Å². The number of unbranched alkanes of at least 4 members (excludes halogenated alkanes) is 1. The second-order valence-electron chi connectivity index (χ2n) is 5.07. The molecule has 1 rings (SSSR count). The van der Waals surface area contributed by atoms with E-state index >= 15 is 0 Å². The molecule has 1 atom stereocenters. The number of para-hydroxylation sites is 1. The highest BCUT2D eigenvalue weighted by atomic mass is 16.4. The van der Waals surface area contributed by atoms with E-state index in [4.69, 9.17) is 0 Å². The zero-order valence-corrected chi connectivity index (χ0v) is 12.7. The van der Waals surface area contributed by atoms with Gasteiger partial charge in [-0.2, -0.15) is 0 Å². The molecule has 0 saturated carbocycles. The van der Waals surface area contributed by atoms with Gasteiger partial charge in [0.15, 0.2) is 0 Å². The number of hydrogen-bond donors (Lipinski definition) is 2. The van der Waals surface area contributed by atoms with E-state index < -0.39 is 12.0 Å². The number of rotatable bonds is 9. The fraction of sp³-hybridized carbons (Fsp3) is 0.500. The number of carboxylic acids is 1. The van der Waals surface area contributed by atoms with Crippen molar-refractivity contribution in [3.8, 4) is 0 Å². The molecule has 0 aliphatic heterocycles. The number of carboxylic acid groups (broad SMARTS) is 1. The van der Waals surface area contributed by atoms with E-state index in [0.29, 0.717) is 6.54 Å². The van der Waals surface area contributed by atoms with Crippen molar-refractivity contribution >= 4 is 17.6 Å². The smallest absolute Gasteiger partial charge is 0.230 e. The Labute approximate surface area is 125 Å². The summed E-state index contributed by atoms with van der Waals surface area (Å²) in [5.41, 5.74) is 1.78. The third-order valence-corrected chi connectivity index (χ3v) is 3.39. The zero-order valence-electron chi connectivity index (χ0n) is 12.7. The summed E-state index contributed by atoms with van der Waals surface area (Å²) in [5, 5.41) is 15.5. The molecule has 0 fully saturated rings. The Kier molecular flexibility index (Phi) is 7.46. The molecule has 1 aromatic rings. The number of nitrogens with one attached hydrogen (secondary N) is 1. The summed E-state index contributed by atoms with van der Waals surface area (Å²) in [5.74, 6) is -1.48. The molecule has 1 amide bonds. The van der Waals surface area contributed by atoms with Crippen LogP contribution in [0, 0.1) is 0 Å². The Morgan fingerprint density at radius 1 is 1.29 bits per heavy atom. The molecule has 0 aliphatic rings. The molecule has 0 aromatic heterocycles. The van der Waals surface area contributed by atoms with Crippen molar-refractivity contribution in [3.63, 3.8) is 0 Å². The molecule has 1 aromatic carbocycles. The zero-order chi connectivity index (χ0) is 15.7. The van der Waals surface area contributed by atoms with Gasteiger partial charge < -0.3 is 20.5 Å². The second kappa shape index (κ2) is 9.13. The van der Waals surface area contributed by atoms with Crippen molar-refractivity contribution in [1.82, 2.24) is 0 Å². The van der Waals surface area contributed by atoms with Gasteiger partial charge in [0, 0.05) is 5.69 Å². The lowest BCUT2D eigenvalue weighted by molar-refractivity contribution is -0.682. The van der Waals surface area contributed by atoms with Crippen LogP contribution in [0.3, 0.4) is 0 Å². The van der Waals surface area contributed by atoms with Gasteiger partial charge in [-0.25, -0.2) is 0 Å². The van der Waals surface area contributed by atoms with Gasteiger partial charge >= 0.3 is 0 Å². The quantitative estimate of drug-likeness (QED) is 0.631. The fourth-order valence-electron chi connectivity index (χ4n) is 2.14. The minimum absolute atomic E-state index is 0.0793. The maximum Gasteiger partial charge on any atom is 0.230 e. The van der Waals surface area contributed by atoms with Gasteiger partial charge in [0.05, 0.1) is 18.9 Å². The number of benzene rings is 1. The lowest BCUT2D eigenvalue weighted by Gasteiger charge is -2.17. The lowest BCUT2D eigenvalue weighted by Crippen LogP contribution is -2.93. The van der Waals surface area contributed by atoms with E-state index in [9.17, 15) is 14.7 Å². The topological polar surface area (TPSA) is 85.8 Å². The molecule has 0 bridgehead atoms. The minimum atomic E-state index is -1.19. The van der Waals surface area contributed by atoms with Crippen LogP contribution in [-0.4, -0.2) is 24.5 Å². The van der Waals surface area contributed by atoms with Crippen LogP contribution in [0.1, 0.15) is 38.7 Å². The maximum absolute atomic E-state index is 12.0. The van der Waals surface area contributed by atoms with Gasteiger partial charge in [0.25, 0.3) is 0 Å². The highest BCUT2D eigenvalue weighted by Gasteiger charge is 2.18. The van der Waals surface area contributed by atoms with E-state index in [-0.39, 0.29) is 12.3 Å². The molecular weight excluding hydrogens is 268 g/mol. The van der Waals surface area contributed by atoms with Gasteiger partial charge in [0.2, 0.25) is 5.91 Å². The van der Waals surface area contributed by atoms with Crippen LogP contribution in [0.2, 0.25) is 0 Å². The van der Waals surface area contributed by atoms with E-state index in [1.807, 2.05) is 38.1 Å². The van der Waals surface area contributed by atoms with E-state index in [2.05, 4.69) is 5.32 Å². The molecular formula is C16H24N2O3. The highest BCUT2D eigenvalue weighted by Crippen LogP contribution is 2.15. The summed E-state index contributed by atoms with van der Waals surface area (Å²) in [6.07, 6.45) is 2.64. The van der Waals surface area contributed by atoms with Crippen LogP contribution in [0.5, 0.6) is 0 Å². The summed E-state index contributed by atoms with van der Waals surface area (Å²) in [6.45, 7) is 4.73. The molecule has 0 spiro atoms. The predicted molar refractivity (Wildman–Crippen MR) is 79.6 cm³/mol. The van der Waals surface area contributed by atoms with Gasteiger partial charge in [0.1, 0.15) is 6.04 Å². The number of carbonyl (C=O) groups is 2. The predicted octanol–water partition coefficient (Wildman–Crippen LogP) is 0.0596. The summed E-state index contributed by atoms with van der Waals surface area (Å²) in [6, 6.07) is 6.70. The van der Waals surface area contributed by atoms with Crippen molar-refractivity contribution in [2.75, 3.05) is 11.9 Å². The number of nitrogens with two attached hydrogens (primary N) is 1. The minimum Gasteiger partial charge on any atom is -0.544 e. The number of quaternary nitrogens is 1. The van der Waals surface area contributed by atoms with Crippen molar-refractivity contribution in [2.24, 2.45) is 0 Å². The van der Waals surface area contributed by atoms with Crippen LogP contribution in [0.4, 0.5) is 5.69 Å². The first-order chi connectivity index (χ1) is 10.1. The first kappa shape index (κ1) is 17.2. The van der Waals surface area contributed by atoms with Gasteiger partial charge in [-0.3, -0.25) is 4.79 Å². The Balaban J connectivity index is 2.59. The standard InChI is InChI=1S/C16H24N2O3/c1-3-5-10-17-14(16(20)21)11-15(19)18-13-9-7-6-8-12(13)4-2/h6-9,14,17H,3-5,10-11H2,1-2H3,(H,18,19)(H,20,21)/t14-/m0/s1. The van der Waals surface area contributed by atoms with Crippen molar-refractivity contribution < 1.29 is 20.0 Å². The molecule has 0 heterocycles. The molecule has 0 radical (unpaired) electrons. The number of amides is 1. The van der Waals surface area contributed by atoms with Crippen molar-refractivity contribution in [3.05, 3.63) is 29.8 Å². The van der Waals surface area contributed by atoms with Gasteiger partial charge in [-0.1, -0.05) is 38.5 Å². The van der Waals surface area contributed by atoms with Gasteiger partial charge in [-0.15, -0.1) is 0 Å². The normalized spacial score (nSPS) is 11.9. The number of anilines is 1. The van der Waals surface area contributed by atoms with Crippen LogP contribution < -0.4 is 15.7 Å². The summed E-state index contributed by atoms with van der Waals surface area (Å²) in [7, 11) is 0. The Morgan fingerprint density at radius 3 is 2.62 bits per heavy atom. The number of carbonyl (C=O) groups excluding carboxylic acids is 2. The Hall–Kier alpha value is -1.88. The van der Waals surface area contributed by atoms with Gasteiger partial charge in [-0.05, 0) is 24.5 Å². The van der Waals surface area contributed by atoms with Crippen LogP contribution in [0.25, 0.3) is 0 Å². The monoisotopic (exact) mass is 292 g/mol. The summed E-state index contributed by atoms with van der Waals surface area (Å²) < 4.78 is 0. The Bertz CT molecular complexity index is 474. The van der Waals surface area contributed by atoms with Crippen molar-refractivity contribution in [1.29, 1.82) is 0 Å². The summed E-state index contributed by atoms with van der Waals surface area (Å²) in [4.78, 5) is 23.1. The number of aliphatic carboxylic acids is 1.